The Morgan fingerprint density at radius 3 is 1.79 bits per heavy atom. The number of aromatic nitrogens is 1. The average Bonchev–Trinajstić information content (AvgIpc) is 2.94. The second kappa shape index (κ2) is 5.89. The van der Waals surface area contributed by atoms with Gasteiger partial charge in [-0.3, -0.25) is 8.63 Å². The van der Waals surface area contributed by atoms with Crippen LogP contribution < -0.4 is 5.49 Å². The number of fused-ring (bicyclic) bond motifs is 3. The summed E-state index contributed by atoms with van der Waals surface area (Å²) < 4.78 is 26.9. The van der Waals surface area contributed by atoms with Crippen molar-refractivity contribution in [2.24, 2.45) is 10.2 Å². The van der Waals surface area contributed by atoms with Gasteiger partial charge < -0.3 is 4.48 Å². The molecule has 1 aromatic heterocycles. The number of rotatable bonds is 2. The van der Waals surface area contributed by atoms with Gasteiger partial charge in [-0.15, -0.1) is 10.2 Å². The maximum atomic E-state index is 13.1. The first-order valence-corrected chi connectivity index (χ1v) is 7.52. The largest absolute Gasteiger partial charge is 0.678 e. The van der Waals surface area contributed by atoms with Gasteiger partial charge in [-0.1, -0.05) is 54.6 Å². The van der Waals surface area contributed by atoms with Crippen molar-refractivity contribution in [3.05, 3.63) is 89.5 Å². The molecule has 1 heterocycles. The molecule has 0 spiro atoms. The van der Waals surface area contributed by atoms with Crippen molar-refractivity contribution in [1.82, 2.24) is 4.48 Å². The highest BCUT2D eigenvalue weighted by molar-refractivity contribution is 6.40. The lowest BCUT2D eigenvalue weighted by Gasteiger charge is -2.01. The van der Waals surface area contributed by atoms with Gasteiger partial charge in [0.1, 0.15) is 11.2 Å². The third kappa shape index (κ3) is 2.36. The summed E-state index contributed by atoms with van der Waals surface area (Å²) in [6.45, 7) is 0. The van der Waals surface area contributed by atoms with Crippen LogP contribution in [0.1, 0.15) is 11.1 Å². The predicted octanol–water partition coefficient (Wildman–Crippen LogP) is 3.59. The lowest BCUT2D eigenvalue weighted by molar-refractivity contribution is 0.619. The fourth-order valence-corrected chi connectivity index (χ4v) is 2.90. The maximum Gasteiger partial charge on any atom is 0.678 e. The molecule has 0 N–H and O–H groups in total. The highest BCUT2D eigenvalue weighted by Crippen LogP contribution is 2.36. The van der Waals surface area contributed by atoms with E-state index < -0.39 is 7.40 Å². The Balaban J connectivity index is 1.92. The van der Waals surface area contributed by atoms with E-state index in [4.69, 9.17) is 0 Å². The van der Waals surface area contributed by atoms with Crippen molar-refractivity contribution in [2.75, 3.05) is 0 Å². The number of hydrogen-bond acceptors (Lipinski definition) is 2. The minimum atomic E-state index is -2.66. The first kappa shape index (κ1) is 14.6. The monoisotopic (exact) mass is 319 g/mol. The Kier molecular flexibility index (Phi) is 3.57. The quantitative estimate of drug-likeness (QED) is 0.399. The third-order valence-corrected chi connectivity index (χ3v) is 3.98. The summed E-state index contributed by atoms with van der Waals surface area (Å²) >= 11 is 0. The molecular weight excluding hydrogens is 307 g/mol. The molecular formula is C18H12BF2N3. The fraction of sp³-hybridized carbons (Fsp3) is 0. The van der Waals surface area contributed by atoms with E-state index >= 15 is 0 Å². The molecule has 0 saturated heterocycles. The van der Waals surface area contributed by atoms with Crippen LogP contribution in [0, 0.1) is 0 Å². The molecule has 1 aliphatic carbocycles. The van der Waals surface area contributed by atoms with Crippen molar-refractivity contribution < 1.29 is 8.63 Å². The van der Waals surface area contributed by atoms with E-state index in [0.717, 1.165) is 26.7 Å². The van der Waals surface area contributed by atoms with Crippen LogP contribution in [0.2, 0.25) is 0 Å². The van der Waals surface area contributed by atoms with E-state index in [9.17, 15) is 8.63 Å². The van der Waals surface area contributed by atoms with Gasteiger partial charge in [0.05, 0.1) is 0 Å². The van der Waals surface area contributed by atoms with Crippen molar-refractivity contribution in [3.8, 4) is 11.1 Å². The third-order valence-electron chi connectivity index (χ3n) is 3.98. The van der Waals surface area contributed by atoms with E-state index in [1.165, 1.54) is 12.3 Å². The fourth-order valence-electron chi connectivity index (χ4n) is 2.90. The molecule has 1 aliphatic rings. The lowest BCUT2D eigenvalue weighted by atomic mass is 10.1. The Morgan fingerprint density at radius 1 is 0.667 bits per heavy atom. The van der Waals surface area contributed by atoms with Gasteiger partial charge in [0.2, 0.25) is 0 Å². The van der Waals surface area contributed by atoms with Crippen LogP contribution in [0.15, 0.2) is 83.1 Å². The van der Waals surface area contributed by atoms with Crippen molar-refractivity contribution in [2.45, 2.75) is 0 Å². The van der Waals surface area contributed by atoms with Crippen LogP contribution in [0.5, 0.6) is 0 Å². The lowest BCUT2D eigenvalue weighted by Crippen LogP contribution is -2.28. The van der Waals surface area contributed by atoms with E-state index in [0.29, 0.717) is 5.71 Å². The Hall–Kier alpha value is -3.02. The first-order chi connectivity index (χ1) is 11.8. The van der Waals surface area contributed by atoms with Crippen LogP contribution in [-0.4, -0.2) is 17.6 Å². The zero-order chi connectivity index (χ0) is 16.5. The summed E-state index contributed by atoms with van der Waals surface area (Å²) in [6, 6.07) is 20.5. The summed E-state index contributed by atoms with van der Waals surface area (Å²) in [6.07, 6.45) is 1.29. The Bertz CT molecular complexity index is 961. The Morgan fingerprint density at radius 2 is 1.21 bits per heavy atom. The van der Waals surface area contributed by atoms with Crippen molar-refractivity contribution >= 4 is 13.1 Å². The molecule has 0 saturated carbocycles. The number of pyridine rings is 1. The first-order valence-electron chi connectivity index (χ1n) is 7.52. The molecule has 0 radical (unpaired) electrons. The summed E-state index contributed by atoms with van der Waals surface area (Å²) in [7, 11) is -2.66. The number of hydrogen-bond donors (Lipinski definition) is 0. The molecule has 0 unspecified atom stereocenters. The number of benzene rings is 2. The molecule has 116 valence electrons. The summed E-state index contributed by atoms with van der Waals surface area (Å²) in [4.78, 5) is 0. The Labute approximate surface area is 137 Å². The van der Waals surface area contributed by atoms with E-state index in [1.807, 2.05) is 48.5 Å². The van der Waals surface area contributed by atoms with Crippen LogP contribution >= 0.6 is 0 Å². The number of halogens is 2. The predicted molar refractivity (Wildman–Crippen MR) is 90.9 cm³/mol. The van der Waals surface area contributed by atoms with Crippen LogP contribution in [0.3, 0.4) is 0 Å². The van der Waals surface area contributed by atoms with Gasteiger partial charge in [-0.05, 0) is 29.5 Å². The SMILES string of the molecule is FB(F)n1cccc/c1=N/N=C1c2ccccc2-c2ccccc21. The molecule has 24 heavy (non-hydrogen) atoms. The van der Waals surface area contributed by atoms with Crippen LogP contribution in [-0.2, 0) is 0 Å². The molecule has 3 aromatic rings. The van der Waals surface area contributed by atoms with Crippen LogP contribution in [0.25, 0.3) is 11.1 Å². The van der Waals surface area contributed by atoms with Gasteiger partial charge in [-0.2, -0.15) is 0 Å². The normalized spacial score (nSPS) is 12.8. The molecule has 0 atom stereocenters. The highest BCUT2D eigenvalue weighted by Gasteiger charge is 2.24. The van der Waals surface area contributed by atoms with Gasteiger partial charge in [0, 0.05) is 11.1 Å². The minimum absolute atomic E-state index is 0.113. The summed E-state index contributed by atoms with van der Waals surface area (Å²) in [5.74, 6) is 0. The molecule has 0 amide bonds. The van der Waals surface area contributed by atoms with E-state index in [-0.39, 0.29) is 5.49 Å². The molecule has 0 fully saturated rings. The minimum Gasteiger partial charge on any atom is -0.315 e. The van der Waals surface area contributed by atoms with E-state index in [2.05, 4.69) is 10.2 Å². The van der Waals surface area contributed by atoms with Crippen molar-refractivity contribution in [1.29, 1.82) is 0 Å². The van der Waals surface area contributed by atoms with E-state index in [1.54, 1.807) is 12.1 Å². The zero-order valence-electron chi connectivity index (χ0n) is 12.6. The molecule has 2 aromatic carbocycles. The second-order valence-electron chi connectivity index (χ2n) is 5.38. The van der Waals surface area contributed by atoms with Gasteiger partial charge in [-0.25, -0.2) is 0 Å². The summed E-state index contributed by atoms with van der Waals surface area (Å²) in [5.41, 5.74) is 4.89. The standard InChI is InChI=1S/C18H12BF2N3/c20-19(21)24-12-6-5-11-17(24)22-23-18-15-9-3-1-7-13(15)14-8-2-4-10-16(14)18/h1-12H/b22-17-. The molecule has 0 bridgehead atoms. The van der Waals surface area contributed by atoms with Gasteiger partial charge in [0.15, 0.2) is 0 Å². The molecule has 6 heteroatoms. The van der Waals surface area contributed by atoms with Gasteiger partial charge >= 0.3 is 7.40 Å². The van der Waals surface area contributed by atoms with Gasteiger partial charge in [0.25, 0.3) is 0 Å². The molecule has 4 rings (SSSR count). The highest BCUT2D eigenvalue weighted by atomic mass is 19.2. The second-order valence-corrected chi connectivity index (χ2v) is 5.38. The van der Waals surface area contributed by atoms with Crippen molar-refractivity contribution in [3.63, 3.8) is 0 Å². The summed E-state index contributed by atoms with van der Waals surface area (Å²) in [5, 5.41) is 8.38. The number of nitrogens with zero attached hydrogens (tertiary/aromatic N) is 3. The van der Waals surface area contributed by atoms with Crippen LogP contribution in [0.4, 0.5) is 8.63 Å². The smallest absolute Gasteiger partial charge is 0.315 e. The maximum absolute atomic E-state index is 13.1. The molecule has 0 aliphatic heterocycles. The average molecular weight is 319 g/mol. The molecule has 3 nitrogen and oxygen atoms in total. The zero-order valence-corrected chi connectivity index (χ0v) is 12.6. The topological polar surface area (TPSA) is 29.6 Å².